The number of nitrogens with two attached hydrogens (primary N) is 1. The molecular formula is C17H28N2. The summed E-state index contributed by atoms with van der Waals surface area (Å²) >= 11 is 0. The van der Waals surface area contributed by atoms with Crippen molar-refractivity contribution in [2.24, 2.45) is 11.7 Å². The second-order valence-corrected chi connectivity index (χ2v) is 6.04. The molecule has 0 spiro atoms. The normalized spacial score (nSPS) is 27.8. The number of anilines is 1. The fraction of sp³-hybridized carbons (Fsp3) is 0.647. The lowest BCUT2D eigenvalue weighted by Crippen LogP contribution is -2.54. The number of likely N-dealkylation sites (N-methyl/N-ethyl adjacent to an activating group) is 1. The molecule has 2 unspecified atom stereocenters. The maximum absolute atomic E-state index is 6.23. The molecule has 2 N–H and O–H groups in total. The highest BCUT2D eigenvalue weighted by molar-refractivity contribution is 5.49. The van der Waals surface area contributed by atoms with Crippen molar-refractivity contribution in [2.45, 2.75) is 51.5 Å². The van der Waals surface area contributed by atoms with E-state index in [2.05, 4.69) is 49.1 Å². The molecule has 0 radical (unpaired) electrons. The Bertz CT molecular complexity index is 376. The molecule has 1 aliphatic carbocycles. The summed E-state index contributed by atoms with van der Waals surface area (Å²) in [7, 11) is 0. The van der Waals surface area contributed by atoms with Gasteiger partial charge in [-0.05, 0) is 44.2 Å². The van der Waals surface area contributed by atoms with Crippen LogP contribution >= 0.6 is 0 Å². The van der Waals surface area contributed by atoms with E-state index >= 15 is 0 Å². The number of rotatable bonds is 4. The predicted molar refractivity (Wildman–Crippen MR) is 83.5 cm³/mol. The highest BCUT2D eigenvalue weighted by Gasteiger charge is 2.36. The smallest absolute Gasteiger partial charge is 0.0524 e. The van der Waals surface area contributed by atoms with Gasteiger partial charge in [0, 0.05) is 18.8 Å². The van der Waals surface area contributed by atoms with Gasteiger partial charge < -0.3 is 10.6 Å². The average molecular weight is 260 g/mol. The first-order chi connectivity index (χ1) is 9.22. The van der Waals surface area contributed by atoms with Crippen LogP contribution in [-0.2, 0) is 0 Å². The van der Waals surface area contributed by atoms with E-state index < -0.39 is 0 Å². The van der Waals surface area contributed by atoms with Gasteiger partial charge in [0.05, 0.1) is 5.54 Å². The Morgan fingerprint density at radius 2 is 1.95 bits per heavy atom. The van der Waals surface area contributed by atoms with E-state index in [0.29, 0.717) is 0 Å². The van der Waals surface area contributed by atoms with E-state index in [9.17, 15) is 0 Å². The minimum absolute atomic E-state index is 0.168. The van der Waals surface area contributed by atoms with Crippen LogP contribution in [-0.4, -0.2) is 18.6 Å². The first-order valence-corrected chi connectivity index (χ1v) is 7.74. The molecule has 0 saturated heterocycles. The zero-order chi connectivity index (χ0) is 13.7. The number of hydrogen-bond acceptors (Lipinski definition) is 2. The van der Waals surface area contributed by atoms with Crippen LogP contribution in [0.15, 0.2) is 30.3 Å². The number of para-hydroxylation sites is 1. The van der Waals surface area contributed by atoms with E-state index in [-0.39, 0.29) is 5.54 Å². The van der Waals surface area contributed by atoms with Crippen LogP contribution in [0.2, 0.25) is 0 Å². The third-order valence-corrected chi connectivity index (χ3v) is 4.78. The van der Waals surface area contributed by atoms with Crippen molar-refractivity contribution < 1.29 is 0 Å². The Kier molecular flexibility index (Phi) is 4.87. The molecule has 1 aromatic rings. The molecule has 1 saturated carbocycles. The second-order valence-electron chi connectivity index (χ2n) is 6.04. The van der Waals surface area contributed by atoms with Gasteiger partial charge in [-0.1, -0.05) is 38.0 Å². The van der Waals surface area contributed by atoms with Crippen molar-refractivity contribution in [2.75, 3.05) is 18.0 Å². The third kappa shape index (κ3) is 3.11. The van der Waals surface area contributed by atoms with Crippen molar-refractivity contribution in [3.8, 4) is 0 Å². The quantitative estimate of drug-likeness (QED) is 0.834. The number of nitrogens with zero attached hydrogens (tertiary/aromatic N) is 1. The molecule has 1 aliphatic rings. The summed E-state index contributed by atoms with van der Waals surface area (Å²) in [5, 5.41) is 0. The van der Waals surface area contributed by atoms with Crippen molar-refractivity contribution in [1.29, 1.82) is 0 Å². The Balaban J connectivity index is 2.27. The van der Waals surface area contributed by atoms with E-state index in [1.807, 2.05) is 0 Å². The van der Waals surface area contributed by atoms with Crippen LogP contribution in [0.5, 0.6) is 0 Å². The molecule has 2 nitrogen and oxygen atoms in total. The molecule has 0 bridgehead atoms. The summed E-state index contributed by atoms with van der Waals surface area (Å²) in [6, 6.07) is 10.8. The molecule has 2 rings (SSSR count). The predicted octanol–water partition coefficient (Wildman–Crippen LogP) is 3.81. The summed E-state index contributed by atoms with van der Waals surface area (Å²) in [4.78, 5) is 2.55. The topological polar surface area (TPSA) is 29.3 Å². The molecule has 1 aromatic carbocycles. The molecule has 0 aliphatic heterocycles. The summed E-state index contributed by atoms with van der Waals surface area (Å²) in [6.45, 7) is 6.43. The van der Waals surface area contributed by atoms with Gasteiger partial charge in [0.1, 0.15) is 0 Å². The van der Waals surface area contributed by atoms with Crippen LogP contribution in [0.4, 0.5) is 5.69 Å². The molecule has 2 atom stereocenters. The average Bonchev–Trinajstić information content (AvgIpc) is 2.64. The van der Waals surface area contributed by atoms with Crippen molar-refractivity contribution in [3.05, 3.63) is 30.3 Å². The summed E-state index contributed by atoms with van der Waals surface area (Å²) in [5.74, 6) is 0.850. The van der Waals surface area contributed by atoms with E-state index in [0.717, 1.165) is 19.0 Å². The van der Waals surface area contributed by atoms with E-state index in [1.165, 1.54) is 37.8 Å². The first-order valence-electron chi connectivity index (χ1n) is 7.74. The van der Waals surface area contributed by atoms with Crippen LogP contribution in [0.1, 0.15) is 46.0 Å². The zero-order valence-corrected chi connectivity index (χ0v) is 12.4. The molecule has 0 heterocycles. The molecule has 2 heteroatoms. The highest BCUT2D eigenvalue weighted by atomic mass is 15.2. The van der Waals surface area contributed by atoms with Gasteiger partial charge in [0.25, 0.3) is 0 Å². The summed E-state index contributed by atoms with van der Waals surface area (Å²) < 4.78 is 0. The van der Waals surface area contributed by atoms with Crippen LogP contribution in [0, 0.1) is 5.92 Å². The Labute approximate surface area is 118 Å². The highest BCUT2D eigenvalue weighted by Crippen LogP contribution is 2.36. The monoisotopic (exact) mass is 260 g/mol. The summed E-state index contributed by atoms with van der Waals surface area (Å²) in [5.41, 5.74) is 7.72. The standard InChI is InChI=1S/C17H28N2/c1-3-19(16-9-5-4-6-10-16)17(14-18)12-7-8-15(2)11-13-17/h4-6,9-10,15H,3,7-8,11-14,18H2,1-2H3. The lowest BCUT2D eigenvalue weighted by Gasteiger charge is -2.44. The molecule has 0 amide bonds. The zero-order valence-electron chi connectivity index (χ0n) is 12.4. The maximum Gasteiger partial charge on any atom is 0.0524 e. The van der Waals surface area contributed by atoms with Crippen LogP contribution < -0.4 is 10.6 Å². The van der Waals surface area contributed by atoms with Crippen LogP contribution in [0.3, 0.4) is 0 Å². The number of hydrogen-bond donors (Lipinski definition) is 1. The lowest BCUT2D eigenvalue weighted by atomic mass is 9.87. The van der Waals surface area contributed by atoms with Gasteiger partial charge in [0.15, 0.2) is 0 Å². The molecule has 1 fully saturated rings. The van der Waals surface area contributed by atoms with E-state index in [4.69, 9.17) is 5.73 Å². The fourth-order valence-corrected chi connectivity index (χ4v) is 3.55. The number of benzene rings is 1. The van der Waals surface area contributed by atoms with Gasteiger partial charge in [-0.15, -0.1) is 0 Å². The van der Waals surface area contributed by atoms with Crippen molar-refractivity contribution in [3.63, 3.8) is 0 Å². The Morgan fingerprint density at radius 1 is 1.21 bits per heavy atom. The molecule has 0 aromatic heterocycles. The largest absolute Gasteiger partial charge is 0.365 e. The SMILES string of the molecule is CCN(c1ccccc1)C1(CN)CCCC(C)CC1. The van der Waals surface area contributed by atoms with Crippen molar-refractivity contribution in [1.82, 2.24) is 0 Å². The Morgan fingerprint density at radius 3 is 2.58 bits per heavy atom. The fourth-order valence-electron chi connectivity index (χ4n) is 3.55. The summed E-state index contributed by atoms with van der Waals surface area (Å²) in [6.07, 6.45) is 6.43. The third-order valence-electron chi connectivity index (χ3n) is 4.78. The maximum atomic E-state index is 6.23. The first kappa shape index (κ1) is 14.4. The molecule has 19 heavy (non-hydrogen) atoms. The minimum Gasteiger partial charge on any atom is -0.365 e. The Hall–Kier alpha value is -1.02. The van der Waals surface area contributed by atoms with E-state index in [1.54, 1.807) is 0 Å². The van der Waals surface area contributed by atoms with Gasteiger partial charge in [0.2, 0.25) is 0 Å². The van der Waals surface area contributed by atoms with Gasteiger partial charge in [-0.25, -0.2) is 0 Å². The van der Waals surface area contributed by atoms with Crippen molar-refractivity contribution >= 4 is 5.69 Å². The molecular weight excluding hydrogens is 232 g/mol. The van der Waals surface area contributed by atoms with Gasteiger partial charge >= 0.3 is 0 Å². The van der Waals surface area contributed by atoms with Gasteiger partial charge in [-0.3, -0.25) is 0 Å². The van der Waals surface area contributed by atoms with Crippen LogP contribution in [0.25, 0.3) is 0 Å². The lowest BCUT2D eigenvalue weighted by molar-refractivity contribution is 0.346. The molecule has 106 valence electrons. The minimum atomic E-state index is 0.168. The second kappa shape index (κ2) is 6.42. The van der Waals surface area contributed by atoms with Gasteiger partial charge in [-0.2, -0.15) is 0 Å².